The molecule has 0 unspecified atom stereocenters. The van der Waals surface area contributed by atoms with Gasteiger partial charge in [-0.1, -0.05) is 6.07 Å². The Morgan fingerprint density at radius 3 is 2.42 bits per heavy atom. The number of benzene rings is 1. The van der Waals surface area contributed by atoms with Crippen molar-refractivity contribution >= 4 is 21.7 Å². The number of sulfonamides is 1. The highest BCUT2D eigenvalue weighted by atomic mass is 32.2. The van der Waals surface area contributed by atoms with E-state index in [2.05, 4.69) is 26.1 Å². The average Bonchev–Trinajstić information content (AvgIpc) is 3.36. The minimum atomic E-state index is -4.20. The van der Waals surface area contributed by atoms with Crippen LogP contribution in [0.5, 0.6) is 5.88 Å². The number of likely N-dealkylation sites (N-methyl/N-ethyl adjacent to an activating group) is 1. The van der Waals surface area contributed by atoms with Gasteiger partial charge in [0.05, 0.1) is 12.4 Å². The van der Waals surface area contributed by atoms with Crippen molar-refractivity contribution in [1.82, 2.24) is 19.6 Å². The zero-order chi connectivity index (χ0) is 22.0. The lowest BCUT2D eigenvalue weighted by Gasteiger charge is -2.16. The fraction of sp³-hybridized carbons (Fsp3) is 0.476. The Kier molecular flexibility index (Phi) is 6.10. The molecule has 0 atom stereocenters. The Hall–Kier alpha value is -2.72. The minimum Gasteiger partial charge on any atom is -0.475 e. The molecule has 1 aromatic heterocycles. The van der Waals surface area contributed by atoms with Gasteiger partial charge in [0, 0.05) is 12.2 Å². The fourth-order valence-corrected chi connectivity index (χ4v) is 4.95. The first-order valence-electron chi connectivity index (χ1n) is 10.4. The Morgan fingerprint density at radius 2 is 1.77 bits per heavy atom. The van der Waals surface area contributed by atoms with Crippen LogP contribution in [0.2, 0.25) is 0 Å². The van der Waals surface area contributed by atoms with Crippen molar-refractivity contribution in [3.63, 3.8) is 0 Å². The molecule has 0 fully saturated rings. The average molecular weight is 446 g/mol. The summed E-state index contributed by atoms with van der Waals surface area (Å²) in [6.07, 6.45) is 8.29. The summed E-state index contributed by atoms with van der Waals surface area (Å²) < 4.78 is 32.9. The topological polar surface area (TPSA) is 114 Å². The van der Waals surface area contributed by atoms with E-state index in [9.17, 15) is 13.2 Å². The monoisotopic (exact) mass is 445 g/mol. The van der Waals surface area contributed by atoms with Crippen molar-refractivity contribution in [1.29, 1.82) is 0 Å². The van der Waals surface area contributed by atoms with Crippen molar-refractivity contribution in [3.8, 4) is 5.88 Å². The number of urea groups is 1. The van der Waals surface area contributed by atoms with Gasteiger partial charge in [-0.25, -0.2) is 9.52 Å². The number of rotatable bonds is 7. The number of aromatic nitrogens is 2. The number of aryl methyl sites for hydroxylation is 2. The summed E-state index contributed by atoms with van der Waals surface area (Å²) in [5, 5.41) is 2.45. The Bertz CT molecular complexity index is 1070. The molecular formula is C21H27N5O4S. The van der Waals surface area contributed by atoms with Gasteiger partial charge in [0.2, 0.25) is 5.88 Å². The smallest absolute Gasteiger partial charge is 0.333 e. The molecule has 0 bridgehead atoms. The summed E-state index contributed by atoms with van der Waals surface area (Å²) >= 11 is 0. The number of hydrogen-bond acceptors (Lipinski definition) is 7. The molecule has 10 heteroatoms. The highest BCUT2D eigenvalue weighted by Crippen LogP contribution is 2.38. The Morgan fingerprint density at radius 1 is 1.10 bits per heavy atom. The van der Waals surface area contributed by atoms with Crippen LogP contribution in [0, 0.1) is 0 Å². The molecule has 2 N–H and O–H groups in total. The first-order valence-corrected chi connectivity index (χ1v) is 11.9. The van der Waals surface area contributed by atoms with Gasteiger partial charge in [-0.3, -0.25) is 4.98 Å². The molecular weight excluding hydrogens is 418 g/mol. The molecule has 0 aliphatic heterocycles. The predicted octanol–water partition coefficient (Wildman–Crippen LogP) is 1.90. The van der Waals surface area contributed by atoms with Gasteiger partial charge in [-0.2, -0.15) is 13.4 Å². The van der Waals surface area contributed by atoms with Crippen LogP contribution >= 0.6 is 0 Å². The number of anilines is 1. The summed E-state index contributed by atoms with van der Waals surface area (Å²) in [7, 11) is -0.400. The maximum atomic E-state index is 12.7. The number of carbonyl (C=O) groups excluding carboxylic acids is 1. The molecule has 0 spiro atoms. The van der Waals surface area contributed by atoms with Gasteiger partial charge >= 0.3 is 6.03 Å². The van der Waals surface area contributed by atoms with E-state index in [1.54, 1.807) is 0 Å². The lowest BCUT2D eigenvalue weighted by atomic mass is 9.99. The SMILES string of the molecule is CN(C)CCOc1cncc(S(=O)(=O)NC(=O)Nc2c3c(cc4c2CCC4)CCC3)n1. The van der Waals surface area contributed by atoms with Crippen molar-refractivity contribution in [2.75, 3.05) is 32.6 Å². The molecule has 0 saturated carbocycles. The number of fused-ring (bicyclic) bond motifs is 2. The fourth-order valence-electron chi connectivity index (χ4n) is 4.14. The Balaban J connectivity index is 1.48. The maximum Gasteiger partial charge on any atom is 0.333 e. The molecule has 4 rings (SSSR count). The molecule has 2 amide bonds. The molecule has 0 radical (unpaired) electrons. The molecule has 1 aromatic carbocycles. The molecule has 166 valence electrons. The van der Waals surface area contributed by atoms with E-state index in [1.807, 2.05) is 19.0 Å². The zero-order valence-electron chi connectivity index (χ0n) is 17.8. The first-order chi connectivity index (χ1) is 14.8. The number of nitrogens with zero attached hydrogens (tertiary/aromatic N) is 3. The van der Waals surface area contributed by atoms with Crippen LogP contribution in [0.3, 0.4) is 0 Å². The summed E-state index contributed by atoms with van der Waals surface area (Å²) in [5.74, 6) is 0.0869. The van der Waals surface area contributed by atoms with Gasteiger partial charge in [0.15, 0.2) is 5.03 Å². The zero-order valence-corrected chi connectivity index (χ0v) is 18.6. The highest BCUT2D eigenvalue weighted by Gasteiger charge is 2.27. The van der Waals surface area contributed by atoms with Crippen LogP contribution in [-0.2, 0) is 35.7 Å². The number of ether oxygens (including phenoxy) is 1. The van der Waals surface area contributed by atoms with Crippen molar-refractivity contribution in [2.24, 2.45) is 0 Å². The van der Waals surface area contributed by atoms with Gasteiger partial charge in [0.25, 0.3) is 10.0 Å². The maximum absolute atomic E-state index is 12.7. The van der Waals surface area contributed by atoms with E-state index < -0.39 is 16.1 Å². The first kappa shape index (κ1) is 21.5. The lowest BCUT2D eigenvalue weighted by Crippen LogP contribution is -2.35. The van der Waals surface area contributed by atoms with Crippen LogP contribution in [0.25, 0.3) is 0 Å². The van der Waals surface area contributed by atoms with Crippen LogP contribution in [0.4, 0.5) is 10.5 Å². The molecule has 2 aliphatic carbocycles. The van der Waals surface area contributed by atoms with E-state index in [0.717, 1.165) is 61.5 Å². The molecule has 0 saturated heterocycles. The van der Waals surface area contributed by atoms with E-state index in [0.29, 0.717) is 13.2 Å². The molecule has 31 heavy (non-hydrogen) atoms. The summed E-state index contributed by atoms with van der Waals surface area (Å²) in [6.45, 7) is 0.981. The standard InChI is InChI=1S/C21H27N5O4S/c1-26(2)9-10-30-18-12-22-13-19(23-18)31(28,29)25-21(27)24-20-16-7-3-5-14(16)11-15-6-4-8-17(15)20/h11-13H,3-10H2,1-2H3,(H2,24,25,27). The normalized spacial score (nSPS) is 14.9. The predicted molar refractivity (Wildman–Crippen MR) is 116 cm³/mol. The minimum absolute atomic E-state index is 0.0869. The number of hydrogen-bond donors (Lipinski definition) is 2. The van der Waals surface area contributed by atoms with Crippen molar-refractivity contribution < 1.29 is 17.9 Å². The van der Waals surface area contributed by atoms with Crippen LogP contribution in [0.1, 0.15) is 35.1 Å². The molecule has 2 aliphatic rings. The van der Waals surface area contributed by atoms with E-state index in [4.69, 9.17) is 4.74 Å². The Labute approximate surface area is 182 Å². The molecule has 2 aromatic rings. The summed E-state index contributed by atoms with van der Waals surface area (Å²) in [6, 6.07) is 1.46. The third-order valence-corrected chi connectivity index (χ3v) is 6.79. The van der Waals surface area contributed by atoms with Gasteiger partial charge < -0.3 is 15.0 Å². The summed E-state index contributed by atoms with van der Waals surface area (Å²) in [5.41, 5.74) is 5.55. The number of carbonyl (C=O) groups is 1. The second-order valence-electron chi connectivity index (χ2n) is 8.14. The van der Waals surface area contributed by atoms with Crippen LogP contribution < -0.4 is 14.8 Å². The van der Waals surface area contributed by atoms with E-state index in [-0.39, 0.29) is 10.9 Å². The van der Waals surface area contributed by atoms with Gasteiger partial charge in [0.1, 0.15) is 6.61 Å². The quantitative estimate of drug-likeness (QED) is 0.669. The van der Waals surface area contributed by atoms with Gasteiger partial charge in [-0.05, 0) is 74.9 Å². The van der Waals surface area contributed by atoms with Crippen molar-refractivity contribution in [3.05, 3.63) is 40.7 Å². The second-order valence-corrected chi connectivity index (χ2v) is 9.77. The third kappa shape index (κ3) is 4.80. The molecule has 9 nitrogen and oxygen atoms in total. The lowest BCUT2D eigenvalue weighted by molar-refractivity contribution is 0.251. The third-order valence-electron chi connectivity index (χ3n) is 5.59. The van der Waals surface area contributed by atoms with E-state index >= 15 is 0 Å². The highest BCUT2D eigenvalue weighted by molar-refractivity contribution is 7.90. The molecule has 1 heterocycles. The van der Waals surface area contributed by atoms with Crippen LogP contribution in [0.15, 0.2) is 23.5 Å². The second kappa shape index (κ2) is 8.80. The van der Waals surface area contributed by atoms with Crippen molar-refractivity contribution in [2.45, 2.75) is 43.6 Å². The summed E-state index contributed by atoms with van der Waals surface area (Å²) in [4.78, 5) is 22.4. The van der Waals surface area contributed by atoms with E-state index in [1.165, 1.54) is 17.3 Å². The number of nitrogens with one attached hydrogen (secondary N) is 2. The largest absolute Gasteiger partial charge is 0.475 e. The number of amides is 2. The van der Waals surface area contributed by atoms with Gasteiger partial charge in [-0.15, -0.1) is 0 Å². The van der Waals surface area contributed by atoms with Crippen LogP contribution in [-0.4, -0.2) is 56.6 Å².